The largest absolute Gasteiger partial charge is 0.361 e. The van der Waals surface area contributed by atoms with E-state index in [1.807, 2.05) is 19.2 Å². The van der Waals surface area contributed by atoms with E-state index in [-0.39, 0.29) is 24.1 Å². The zero-order chi connectivity index (χ0) is 20.5. The maximum atomic E-state index is 13.5. The molecule has 1 unspecified atom stereocenters. The first kappa shape index (κ1) is 19.5. The second-order valence-corrected chi connectivity index (χ2v) is 7.88. The van der Waals surface area contributed by atoms with Crippen molar-refractivity contribution in [3.05, 3.63) is 64.6 Å². The molecule has 1 aliphatic heterocycles. The minimum atomic E-state index is -0.402. The SMILES string of the molecule is Cc1ccc(Cl)cc1NC(=O)C1CC(=O)N(CCc2c[nH]c3ccc(F)cc23)C1. The van der Waals surface area contributed by atoms with Crippen LogP contribution in [0.4, 0.5) is 10.1 Å². The van der Waals surface area contributed by atoms with E-state index in [0.29, 0.717) is 30.2 Å². The van der Waals surface area contributed by atoms with Crippen molar-refractivity contribution in [1.29, 1.82) is 0 Å². The highest BCUT2D eigenvalue weighted by Gasteiger charge is 2.34. The lowest BCUT2D eigenvalue weighted by molar-refractivity contribution is -0.128. The summed E-state index contributed by atoms with van der Waals surface area (Å²) in [5.41, 5.74) is 3.39. The Morgan fingerprint density at radius 1 is 1.31 bits per heavy atom. The number of carbonyl (C=O) groups excluding carboxylic acids is 2. The number of H-pyrrole nitrogens is 1. The van der Waals surface area contributed by atoms with Crippen LogP contribution in [0, 0.1) is 18.7 Å². The number of carbonyl (C=O) groups is 2. The molecule has 1 atom stereocenters. The molecule has 1 aliphatic rings. The number of aryl methyl sites for hydroxylation is 1. The van der Waals surface area contributed by atoms with Crippen LogP contribution in [0.1, 0.15) is 17.5 Å². The van der Waals surface area contributed by atoms with Crippen LogP contribution in [-0.2, 0) is 16.0 Å². The standard InChI is InChI=1S/C22H21ClFN3O2/c1-13-2-3-16(23)9-20(13)26-22(29)15-8-21(28)27(12-15)7-6-14-11-25-19-5-4-17(24)10-18(14)19/h2-5,9-11,15,25H,6-8,12H2,1H3,(H,26,29). The molecule has 0 aliphatic carbocycles. The number of fused-ring (bicyclic) bond motifs is 1. The number of likely N-dealkylation sites (tertiary alicyclic amines) is 1. The average Bonchev–Trinajstić information content (AvgIpc) is 3.26. The van der Waals surface area contributed by atoms with Crippen molar-refractivity contribution < 1.29 is 14.0 Å². The molecule has 2 amide bonds. The number of aromatic amines is 1. The molecule has 0 bridgehead atoms. The number of nitrogens with one attached hydrogen (secondary N) is 2. The molecule has 29 heavy (non-hydrogen) atoms. The maximum Gasteiger partial charge on any atom is 0.229 e. The van der Waals surface area contributed by atoms with Gasteiger partial charge in [0.2, 0.25) is 11.8 Å². The Kier molecular flexibility index (Phi) is 5.28. The Morgan fingerprint density at radius 3 is 2.97 bits per heavy atom. The number of halogens is 2. The van der Waals surface area contributed by atoms with Crippen LogP contribution in [-0.4, -0.2) is 34.8 Å². The van der Waals surface area contributed by atoms with Gasteiger partial charge in [-0.1, -0.05) is 17.7 Å². The van der Waals surface area contributed by atoms with Crippen LogP contribution in [0.5, 0.6) is 0 Å². The van der Waals surface area contributed by atoms with Gasteiger partial charge in [-0.15, -0.1) is 0 Å². The molecule has 2 aromatic carbocycles. The summed E-state index contributed by atoms with van der Waals surface area (Å²) in [6.07, 6.45) is 2.63. The number of hydrogen-bond acceptors (Lipinski definition) is 2. The number of anilines is 1. The predicted octanol–water partition coefficient (Wildman–Crippen LogP) is 4.30. The van der Waals surface area contributed by atoms with Gasteiger partial charge in [-0.25, -0.2) is 4.39 Å². The van der Waals surface area contributed by atoms with Gasteiger partial charge in [0, 0.05) is 47.3 Å². The van der Waals surface area contributed by atoms with Crippen molar-refractivity contribution in [2.75, 3.05) is 18.4 Å². The van der Waals surface area contributed by atoms with Gasteiger partial charge in [-0.2, -0.15) is 0 Å². The first-order valence-electron chi connectivity index (χ1n) is 9.51. The van der Waals surface area contributed by atoms with Gasteiger partial charge < -0.3 is 15.2 Å². The van der Waals surface area contributed by atoms with Crippen molar-refractivity contribution in [3.63, 3.8) is 0 Å². The second-order valence-electron chi connectivity index (χ2n) is 7.44. The number of benzene rings is 2. The van der Waals surface area contributed by atoms with Gasteiger partial charge in [-0.3, -0.25) is 9.59 Å². The smallest absolute Gasteiger partial charge is 0.229 e. The molecule has 1 aromatic heterocycles. The molecule has 0 spiro atoms. The summed E-state index contributed by atoms with van der Waals surface area (Å²) in [6, 6.07) is 9.93. The van der Waals surface area contributed by atoms with Crippen LogP contribution in [0.2, 0.25) is 5.02 Å². The van der Waals surface area contributed by atoms with Crippen molar-refractivity contribution in [2.45, 2.75) is 19.8 Å². The molecule has 3 aromatic rings. The van der Waals surface area contributed by atoms with E-state index in [1.165, 1.54) is 12.1 Å². The van der Waals surface area contributed by atoms with Crippen molar-refractivity contribution in [1.82, 2.24) is 9.88 Å². The van der Waals surface area contributed by atoms with Crippen LogP contribution < -0.4 is 5.32 Å². The Bertz CT molecular complexity index is 1090. The van der Waals surface area contributed by atoms with Crippen LogP contribution in [0.3, 0.4) is 0 Å². The summed E-state index contributed by atoms with van der Waals surface area (Å²) in [5.74, 6) is -0.913. The Balaban J connectivity index is 1.39. The molecule has 4 rings (SSSR count). The normalized spacial score (nSPS) is 16.6. The number of rotatable bonds is 5. The Morgan fingerprint density at radius 2 is 2.14 bits per heavy atom. The lowest BCUT2D eigenvalue weighted by Crippen LogP contribution is -2.30. The van der Waals surface area contributed by atoms with Crippen LogP contribution in [0.25, 0.3) is 10.9 Å². The fraction of sp³-hybridized carbons (Fsp3) is 0.273. The topological polar surface area (TPSA) is 65.2 Å². The van der Waals surface area contributed by atoms with Crippen molar-refractivity contribution >= 4 is 40.0 Å². The van der Waals surface area contributed by atoms with E-state index in [1.54, 1.807) is 23.1 Å². The molecule has 0 saturated carbocycles. The highest BCUT2D eigenvalue weighted by atomic mass is 35.5. The molecular weight excluding hydrogens is 393 g/mol. The molecule has 7 heteroatoms. The quantitative estimate of drug-likeness (QED) is 0.655. The number of aromatic nitrogens is 1. The van der Waals surface area contributed by atoms with Gasteiger partial charge in [0.25, 0.3) is 0 Å². The average molecular weight is 414 g/mol. The Labute approximate surface area is 172 Å². The molecule has 2 N–H and O–H groups in total. The molecule has 150 valence electrons. The first-order valence-corrected chi connectivity index (χ1v) is 9.89. The van der Waals surface area contributed by atoms with Crippen molar-refractivity contribution in [3.8, 4) is 0 Å². The predicted molar refractivity (Wildman–Crippen MR) is 111 cm³/mol. The summed E-state index contributed by atoms with van der Waals surface area (Å²) >= 11 is 6.01. The summed E-state index contributed by atoms with van der Waals surface area (Å²) < 4.78 is 13.5. The fourth-order valence-corrected chi connectivity index (χ4v) is 3.91. The van der Waals surface area contributed by atoms with E-state index < -0.39 is 5.92 Å². The lowest BCUT2D eigenvalue weighted by Gasteiger charge is -2.17. The minimum absolute atomic E-state index is 0.0426. The van der Waals surface area contributed by atoms with E-state index in [4.69, 9.17) is 11.6 Å². The van der Waals surface area contributed by atoms with E-state index in [2.05, 4.69) is 10.3 Å². The molecule has 2 heterocycles. The van der Waals surface area contributed by atoms with E-state index in [0.717, 1.165) is 22.0 Å². The third kappa shape index (κ3) is 4.12. The summed E-state index contributed by atoms with van der Waals surface area (Å²) in [4.78, 5) is 29.9. The third-order valence-electron chi connectivity index (χ3n) is 5.42. The van der Waals surface area contributed by atoms with E-state index in [9.17, 15) is 14.0 Å². The van der Waals surface area contributed by atoms with Gasteiger partial charge in [0.05, 0.1) is 5.92 Å². The highest BCUT2D eigenvalue weighted by molar-refractivity contribution is 6.31. The Hall–Kier alpha value is -2.86. The number of hydrogen-bond donors (Lipinski definition) is 2. The van der Waals surface area contributed by atoms with Gasteiger partial charge in [0.1, 0.15) is 5.82 Å². The summed E-state index contributed by atoms with van der Waals surface area (Å²) in [6.45, 7) is 2.76. The van der Waals surface area contributed by atoms with Crippen LogP contribution in [0.15, 0.2) is 42.6 Å². The number of nitrogens with zero attached hydrogens (tertiary/aromatic N) is 1. The molecular formula is C22H21ClFN3O2. The second kappa shape index (κ2) is 7.87. The minimum Gasteiger partial charge on any atom is -0.361 e. The zero-order valence-corrected chi connectivity index (χ0v) is 16.7. The molecule has 0 radical (unpaired) electrons. The monoisotopic (exact) mass is 413 g/mol. The number of amides is 2. The van der Waals surface area contributed by atoms with Gasteiger partial charge in [0.15, 0.2) is 0 Å². The molecule has 1 fully saturated rings. The van der Waals surface area contributed by atoms with Crippen molar-refractivity contribution in [2.24, 2.45) is 5.92 Å². The van der Waals surface area contributed by atoms with E-state index >= 15 is 0 Å². The first-order chi connectivity index (χ1) is 13.9. The highest BCUT2D eigenvalue weighted by Crippen LogP contribution is 2.25. The summed E-state index contributed by atoms with van der Waals surface area (Å²) in [7, 11) is 0. The molecule has 5 nitrogen and oxygen atoms in total. The summed E-state index contributed by atoms with van der Waals surface area (Å²) in [5, 5.41) is 4.25. The maximum absolute atomic E-state index is 13.5. The zero-order valence-electron chi connectivity index (χ0n) is 16.0. The van der Waals surface area contributed by atoms with Gasteiger partial charge in [-0.05, 0) is 54.8 Å². The van der Waals surface area contributed by atoms with Crippen LogP contribution >= 0.6 is 11.6 Å². The third-order valence-corrected chi connectivity index (χ3v) is 5.66. The lowest BCUT2D eigenvalue weighted by atomic mass is 10.1. The fourth-order valence-electron chi connectivity index (χ4n) is 3.74. The van der Waals surface area contributed by atoms with Gasteiger partial charge >= 0.3 is 0 Å². The molecule has 1 saturated heterocycles.